The summed E-state index contributed by atoms with van der Waals surface area (Å²) in [6.45, 7) is 0.982. The van der Waals surface area contributed by atoms with Crippen molar-refractivity contribution in [2.75, 3.05) is 13.1 Å². The number of rotatable bonds is 2. The second kappa shape index (κ2) is 7.81. The number of pyridine rings is 1. The molecule has 8 heteroatoms. The first-order valence-corrected chi connectivity index (χ1v) is 10.6. The smallest absolute Gasteiger partial charge is 0.270 e. The number of hydrogen-bond donors (Lipinski definition) is 0. The lowest BCUT2D eigenvalue weighted by Gasteiger charge is -2.38. The van der Waals surface area contributed by atoms with Gasteiger partial charge in [0.05, 0.1) is 5.56 Å². The molecule has 0 bridgehead atoms. The highest BCUT2D eigenvalue weighted by molar-refractivity contribution is 6.31. The lowest BCUT2D eigenvalue weighted by atomic mass is 9.86. The average molecular weight is 438 g/mol. The second-order valence-corrected chi connectivity index (χ2v) is 8.42. The van der Waals surface area contributed by atoms with E-state index in [-0.39, 0.29) is 41.3 Å². The summed E-state index contributed by atoms with van der Waals surface area (Å²) >= 11 is 6.00. The van der Waals surface area contributed by atoms with Crippen molar-refractivity contribution in [1.82, 2.24) is 14.3 Å². The van der Waals surface area contributed by atoms with Crippen molar-refractivity contribution >= 4 is 28.9 Å². The number of piperidine rings is 1. The molecule has 7 nitrogen and oxygen atoms in total. The number of benzene rings is 1. The van der Waals surface area contributed by atoms with Crippen molar-refractivity contribution in [2.24, 2.45) is 5.92 Å². The number of carbonyl (C=O) groups is 2. The van der Waals surface area contributed by atoms with Crippen LogP contribution in [0.4, 0.5) is 0 Å². The fourth-order valence-electron chi connectivity index (χ4n) is 4.42. The van der Waals surface area contributed by atoms with Crippen molar-refractivity contribution in [3.8, 4) is 5.75 Å². The van der Waals surface area contributed by atoms with Crippen LogP contribution in [0, 0.1) is 5.92 Å². The van der Waals surface area contributed by atoms with E-state index >= 15 is 0 Å². The monoisotopic (exact) mass is 437 g/mol. The fraction of sp³-hybridized carbons (Fsp3) is 0.304. The zero-order chi connectivity index (χ0) is 21.5. The molecule has 3 aromatic rings. The lowest BCUT2D eigenvalue weighted by molar-refractivity contribution is 0.0408. The Balaban J connectivity index is 1.37. The predicted molar refractivity (Wildman–Crippen MR) is 115 cm³/mol. The maximum Gasteiger partial charge on any atom is 0.270 e. The molecule has 1 fully saturated rings. The SMILES string of the molecule is O=C1CC(C2CCCN(C(=O)c3cnc4ccccn4c3=O)C2)Oc2ccc(Cl)cc21. The predicted octanol–water partition coefficient (Wildman–Crippen LogP) is 3.23. The quantitative estimate of drug-likeness (QED) is 0.614. The van der Waals surface area contributed by atoms with Gasteiger partial charge in [0.15, 0.2) is 5.78 Å². The van der Waals surface area contributed by atoms with E-state index in [4.69, 9.17) is 16.3 Å². The molecule has 1 aromatic carbocycles. The summed E-state index contributed by atoms with van der Waals surface area (Å²) < 4.78 is 7.49. The van der Waals surface area contributed by atoms with Gasteiger partial charge in [-0.1, -0.05) is 17.7 Å². The Morgan fingerprint density at radius 1 is 1.19 bits per heavy atom. The van der Waals surface area contributed by atoms with Crippen LogP contribution in [0.25, 0.3) is 5.65 Å². The van der Waals surface area contributed by atoms with Crippen molar-refractivity contribution < 1.29 is 14.3 Å². The standard InChI is InChI=1S/C23H20ClN3O4/c24-15-6-7-19-16(10-15)18(28)11-20(31-19)14-4-3-8-26(13-14)22(29)17-12-25-21-5-1-2-9-27(21)23(17)30/h1-2,5-7,9-10,12,14,20H,3-4,8,11,13H2. The number of likely N-dealkylation sites (tertiary alicyclic amines) is 1. The largest absolute Gasteiger partial charge is 0.489 e. The van der Waals surface area contributed by atoms with Gasteiger partial charge in [-0.05, 0) is 43.2 Å². The third-order valence-electron chi connectivity index (χ3n) is 6.02. The van der Waals surface area contributed by atoms with Crippen LogP contribution >= 0.6 is 11.6 Å². The van der Waals surface area contributed by atoms with Crippen molar-refractivity contribution in [3.05, 3.63) is 75.3 Å². The van der Waals surface area contributed by atoms with Crippen LogP contribution in [-0.4, -0.2) is 45.2 Å². The van der Waals surface area contributed by atoms with Gasteiger partial charge in [0, 0.05) is 42.8 Å². The Bertz CT molecular complexity index is 1260. The van der Waals surface area contributed by atoms with Crippen LogP contribution in [-0.2, 0) is 0 Å². The van der Waals surface area contributed by atoms with Gasteiger partial charge in [-0.25, -0.2) is 4.98 Å². The molecular formula is C23H20ClN3O4. The first kappa shape index (κ1) is 19.8. The minimum Gasteiger partial charge on any atom is -0.489 e. The molecule has 5 rings (SSSR count). The molecule has 2 aliphatic heterocycles. The van der Waals surface area contributed by atoms with E-state index < -0.39 is 0 Å². The molecule has 2 atom stereocenters. The van der Waals surface area contributed by atoms with Crippen LogP contribution in [0.2, 0.25) is 5.02 Å². The molecule has 0 radical (unpaired) electrons. The van der Waals surface area contributed by atoms with Crippen molar-refractivity contribution in [3.63, 3.8) is 0 Å². The van der Waals surface area contributed by atoms with Crippen molar-refractivity contribution in [1.29, 1.82) is 0 Å². The number of fused-ring (bicyclic) bond motifs is 2. The molecule has 31 heavy (non-hydrogen) atoms. The molecule has 2 aromatic heterocycles. The zero-order valence-electron chi connectivity index (χ0n) is 16.7. The molecule has 0 N–H and O–H groups in total. The van der Waals surface area contributed by atoms with Crippen LogP contribution in [0.1, 0.15) is 40.0 Å². The van der Waals surface area contributed by atoms with Gasteiger partial charge >= 0.3 is 0 Å². The van der Waals surface area contributed by atoms with E-state index in [1.807, 2.05) is 0 Å². The molecule has 158 valence electrons. The van der Waals surface area contributed by atoms with Gasteiger partial charge in [-0.2, -0.15) is 0 Å². The third kappa shape index (κ3) is 3.59. The highest BCUT2D eigenvalue weighted by Crippen LogP contribution is 2.34. The molecule has 0 saturated carbocycles. The first-order valence-electron chi connectivity index (χ1n) is 10.3. The molecular weight excluding hydrogens is 418 g/mol. The Kier molecular flexibility index (Phi) is 4.98. The van der Waals surface area contributed by atoms with Crippen LogP contribution in [0.15, 0.2) is 53.6 Å². The zero-order valence-corrected chi connectivity index (χ0v) is 17.4. The molecule has 0 spiro atoms. The summed E-state index contributed by atoms with van der Waals surface area (Å²) in [5.74, 6) is 0.191. The number of amides is 1. The Labute approximate surface area is 183 Å². The highest BCUT2D eigenvalue weighted by atomic mass is 35.5. The second-order valence-electron chi connectivity index (χ2n) is 7.98. The maximum absolute atomic E-state index is 13.1. The van der Waals surface area contributed by atoms with Crippen LogP contribution in [0.5, 0.6) is 5.75 Å². The highest BCUT2D eigenvalue weighted by Gasteiger charge is 2.36. The number of ether oxygens (including phenoxy) is 1. The Morgan fingerprint density at radius 2 is 2.06 bits per heavy atom. The average Bonchev–Trinajstić information content (AvgIpc) is 2.79. The molecule has 0 aliphatic carbocycles. The van der Waals surface area contributed by atoms with E-state index in [1.165, 1.54) is 10.6 Å². The topological polar surface area (TPSA) is 81.0 Å². The molecule has 1 saturated heterocycles. The van der Waals surface area contributed by atoms with Gasteiger partial charge in [0.2, 0.25) is 0 Å². The number of nitrogens with zero attached hydrogens (tertiary/aromatic N) is 3. The number of carbonyl (C=O) groups excluding carboxylic acids is 2. The summed E-state index contributed by atoms with van der Waals surface area (Å²) in [5, 5.41) is 0.499. The van der Waals surface area contributed by atoms with E-state index in [0.717, 1.165) is 12.8 Å². The Hall–Kier alpha value is -3.19. The third-order valence-corrected chi connectivity index (χ3v) is 6.26. The van der Waals surface area contributed by atoms with E-state index in [2.05, 4.69) is 4.98 Å². The normalized spacial score (nSPS) is 20.9. The number of Topliss-reactive ketones (excluding diaryl/α,β-unsaturated/α-hetero) is 1. The summed E-state index contributed by atoms with van der Waals surface area (Å²) in [4.78, 5) is 44.5. The minimum atomic E-state index is -0.382. The fourth-order valence-corrected chi connectivity index (χ4v) is 4.60. The first-order chi connectivity index (χ1) is 15.0. The number of aromatic nitrogens is 2. The van der Waals surface area contributed by atoms with Crippen LogP contribution in [0.3, 0.4) is 0 Å². The maximum atomic E-state index is 13.1. The van der Waals surface area contributed by atoms with Gasteiger partial charge in [0.1, 0.15) is 23.1 Å². The molecule has 2 unspecified atom stereocenters. The van der Waals surface area contributed by atoms with E-state index in [9.17, 15) is 14.4 Å². The van der Waals surface area contributed by atoms with Gasteiger partial charge in [-0.3, -0.25) is 18.8 Å². The number of halogens is 1. The molecule has 1 amide bonds. The number of ketones is 1. The summed E-state index contributed by atoms with van der Waals surface area (Å²) in [6.07, 6.45) is 4.52. The van der Waals surface area contributed by atoms with Crippen molar-refractivity contribution in [2.45, 2.75) is 25.4 Å². The van der Waals surface area contributed by atoms with E-state index in [0.29, 0.717) is 35.1 Å². The lowest BCUT2D eigenvalue weighted by Crippen LogP contribution is -2.47. The summed E-state index contributed by atoms with van der Waals surface area (Å²) in [6, 6.07) is 10.3. The van der Waals surface area contributed by atoms with Gasteiger partial charge < -0.3 is 9.64 Å². The molecule has 4 heterocycles. The number of hydrogen-bond acceptors (Lipinski definition) is 5. The Morgan fingerprint density at radius 3 is 2.94 bits per heavy atom. The minimum absolute atomic E-state index is 0.00153. The van der Waals surface area contributed by atoms with E-state index in [1.54, 1.807) is 47.5 Å². The van der Waals surface area contributed by atoms with Gasteiger partial charge in [0.25, 0.3) is 11.5 Å². The summed E-state index contributed by atoms with van der Waals surface area (Å²) in [5.41, 5.74) is 0.661. The van der Waals surface area contributed by atoms with Crippen LogP contribution < -0.4 is 10.3 Å². The van der Waals surface area contributed by atoms with Gasteiger partial charge in [-0.15, -0.1) is 0 Å². The summed E-state index contributed by atoms with van der Waals surface area (Å²) in [7, 11) is 0. The molecule has 2 aliphatic rings.